The summed E-state index contributed by atoms with van der Waals surface area (Å²) in [5.41, 5.74) is 4.91. The highest BCUT2D eigenvalue weighted by Crippen LogP contribution is 2.35. The summed E-state index contributed by atoms with van der Waals surface area (Å²) in [5.74, 6) is 0.770. The van der Waals surface area contributed by atoms with Crippen LogP contribution in [0.25, 0.3) is 0 Å². The topological polar surface area (TPSA) is 53.0 Å². The summed E-state index contributed by atoms with van der Waals surface area (Å²) in [7, 11) is 0. The van der Waals surface area contributed by atoms with Crippen LogP contribution < -0.4 is 14.5 Å². The third kappa shape index (κ3) is 5.67. The number of hydrogen-bond donors (Lipinski definition) is 1. The van der Waals surface area contributed by atoms with E-state index < -0.39 is 6.09 Å². The summed E-state index contributed by atoms with van der Waals surface area (Å²) in [6.07, 6.45) is 4.54. The Hall–Kier alpha value is -3.47. The van der Waals surface area contributed by atoms with Crippen molar-refractivity contribution in [2.45, 2.75) is 45.6 Å². The second-order valence-electron chi connectivity index (χ2n) is 8.49. The van der Waals surface area contributed by atoms with Crippen molar-refractivity contribution in [2.24, 2.45) is 0 Å². The number of amides is 1. The average Bonchev–Trinajstić information content (AvgIpc) is 3.22. The molecule has 4 rings (SSSR count). The first-order valence-corrected chi connectivity index (χ1v) is 11.8. The first kappa shape index (κ1) is 22.7. The molecule has 0 unspecified atom stereocenters. The van der Waals surface area contributed by atoms with E-state index in [1.807, 2.05) is 48.5 Å². The predicted octanol–water partition coefficient (Wildman–Crippen LogP) is 7.02. The molecule has 1 amide bonds. The summed E-state index contributed by atoms with van der Waals surface area (Å²) in [5, 5.41) is 9.95. The van der Waals surface area contributed by atoms with Crippen LogP contribution in [0.2, 0.25) is 0 Å². The number of carbonyl (C=O) groups is 1. The number of rotatable bonds is 10. The van der Waals surface area contributed by atoms with Gasteiger partial charge in [-0.25, -0.2) is 9.69 Å². The number of anilines is 3. The van der Waals surface area contributed by atoms with E-state index in [9.17, 15) is 9.90 Å². The van der Waals surface area contributed by atoms with E-state index >= 15 is 0 Å². The van der Waals surface area contributed by atoms with Gasteiger partial charge in [0.1, 0.15) is 5.75 Å². The molecule has 0 aliphatic carbocycles. The Bertz CT molecular complexity index is 1050. The van der Waals surface area contributed by atoms with Gasteiger partial charge in [-0.15, -0.1) is 0 Å². The Morgan fingerprint density at radius 3 is 2.45 bits per heavy atom. The van der Waals surface area contributed by atoms with E-state index in [2.05, 4.69) is 36.1 Å². The zero-order valence-corrected chi connectivity index (χ0v) is 19.2. The molecule has 172 valence electrons. The van der Waals surface area contributed by atoms with E-state index in [4.69, 9.17) is 4.74 Å². The van der Waals surface area contributed by atoms with Crippen molar-refractivity contribution in [2.75, 3.05) is 23.0 Å². The van der Waals surface area contributed by atoms with Crippen molar-refractivity contribution < 1.29 is 14.6 Å². The molecule has 0 aromatic heterocycles. The number of benzene rings is 3. The van der Waals surface area contributed by atoms with Gasteiger partial charge in [-0.1, -0.05) is 56.5 Å². The molecular formula is C28H32N2O3. The number of fused-ring (bicyclic) bond motifs is 1. The maximum atomic E-state index is 12.1. The highest BCUT2D eigenvalue weighted by Gasteiger charge is 2.23. The fraction of sp³-hybridized carbons (Fsp3) is 0.321. The van der Waals surface area contributed by atoms with Gasteiger partial charge < -0.3 is 14.7 Å². The molecule has 5 heteroatoms. The Labute approximate surface area is 196 Å². The monoisotopic (exact) mass is 444 g/mol. The first-order valence-electron chi connectivity index (χ1n) is 11.8. The molecule has 5 nitrogen and oxygen atoms in total. The summed E-state index contributed by atoms with van der Waals surface area (Å²) >= 11 is 0. The lowest BCUT2D eigenvalue weighted by Gasteiger charge is -2.22. The number of hydrogen-bond acceptors (Lipinski definition) is 3. The summed E-state index contributed by atoms with van der Waals surface area (Å²) in [6, 6.07) is 23.7. The van der Waals surface area contributed by atoms with Gasteiger partial charge in [-0.05, 0) is 66.4 Å². The first-order chi connectivity index (χ1) is 16.2. The zero-order valence-electron chi connectivity index (χ0n) is 19.2. The molecule has 0 saturated heterocycles. The van der Waals surface area contributed by atoms with E-state index in [1.165, 1.54) is 41.0 Å². The molecule has 3 aromatic rings. The molecule has 0 atom stereocenters. The number of ether oxygens (including phenoxy) is 1. The van der Waals surface area contributed by atoms with Crippen LogP contribution in [0.1, 0.15) is 43.7 Å². The van der Waals surface area contributed by atoms with E-state index in [-0.39, 0.29) is 0 Å². The standard InChI is InChI=1S/C28H32N2O3/c1-2-3-4-8-19-33-26-14-11-24(12-15-26)30(28(31)32)25-13-16-27-23(20-25)17-18-29(27)21-22-9-6-5-7-10-22/h5-7,9-16,20H,2-4,8,17-19,21H2,1H3,(H,31,32). The van der Waals surface area contributed by atoms with E-state index in [0.29, 0.717) is 18.0 Å². The van der Waals surface area contributed by atoms with Crippen molar-refractivity contribution in [1.29, 1.82) is 0 Å². The van der Waals surface area contributed by atoms with Crippen LogP contribution in [0.15, 0.2) is 72.8 Å². The van der Waals surface area contributed by atoms with Crippen molar-refractivity contribution in [1.82, 2.24) is 0 Å². The second-order valence-corrected chi connectivity index (χ2v) is 8.49. The Balaban J connectivity index is 1.46. The summed E-state index contributed by atoms with van der Waals surface area (Å²) in [6.45, 7) is 4.67. The van der Waals surface area contributed by atoms with Gasteiger partial charge in [-0.2, -0.15) is 0 Å². The minimum atomic E-state index is -0.998. The fourth-order valence-corrected chi connectivity index (χ4v) is 4.34. The van der Waals surface area contributed by atoms with Crippen LogP contribution in [-0.2, 0) is 13.0 Å². The van der Waals surface area contributed by atoms with E-state index in [0.717, 1.165) is 31.7 Å². The zero-order chi connectivity index (χ0) is 23.0. The average molecular weight is 445 g/mol. The largest absolute Gasteiger partial charge is 0.494 e. The third-order valence-electron chi connectivity index (χ3n) is 6.08. The Morgan fingerprint density at radius 2 is 1.73 bits per heavy atom. The Morgan fingerprint density at radius 1 is 0.970 bits per heavy atom. The third-order valence-corrected chi connectivity index (χ3v) is 6.08. The SMILES string of the molecule is CCCCCCOc1ccc(N(C(=O)O)c2ccc3c(c2)CCN3Cc2ccccc2)cc1. The molecule has 1 aliphatic heterocycles. The smallest absolute Gasteiger partial charge is 0.416 e. The lowest BCUT2D eigenvalue weighted by Crippen LogP contribution is -2.23. The van der Waals surface area contributed by atoms with Crippen LogP contribution in [0.3, 0.4) is 0 Å². The van der Waals surface area contributed by atoms with Gasteiger partial charge in [0.2, 0.25) is 0 Å². The summed E-state index contributed by atoms with van der Waals surface area (Å²) in [4.78, 5) is 15.8. The minimum Gasteiger partial charge on any atom is -0.494 e. The lowest BCUT2D eigenvalue weighted by atomic mass is 10.1. The molecule has 0 spiro atoms. The van der Waals surface area contributed by atoms with Crippen LogP contribution in [0.4, 0.5) is 21.9 Å². The molecule has 1 heterocycles. The molecular weight excluding hydrogens is 412 g/mol. The highest BCUT2D eigenvalue weighted by molar-refractivity contribution is 5.95. The predicted molar refractivity (Wildman–Crippen MR) is 134 cm³/mol. The molecule has 0 radical (unpaired) electrons. The van der Waals surface area contributed by atoms with Gasteiger partial charge in [0, 0.05) is 18.8 Å². The molecule has 1 aliphatic rings. The lowest BCUT2D eigenvalue weighted by molar-refractivity contribution is 0.205. The molecule has 1 N–H and O–H groups in total. The molecule has 0 fully saturated rings. The van der Waals surface area contributed by atoms with Gasteiger partial charge in [0.05, 0.1) is 18.0 Å². The quantitative estimate of drug-likeness (QED) is 0.341. The fourth-order valence-electron chi connectivity index (χ4n) is 4.34. The van der Waals surface area contributed by atoms with Gasteiger partial charge in [-0.3, -0.25) is 0 Å². The maximum Gasteiger partial charge on any atom is 0.416 e. The van der Waals surface area contributed by atoms with Crippen LogP contribution in [0, 0.1) is 0 Å². The maximum absolute atomic E-state index is 12.1. The van der Waals surface area contributed by atoms with Crippen LogP contribution in [-0.4, -0.2) is 24.4 Å². The molecule has 0 saturated carbocycles. The minimum absolute atomic E-state index is 0.611. The van der Waals surface area contributed by atoms with Gasteiger partial charge in [0.15, 0.2) is 0 Å². The normalized spacial score (nSPS) is 12.5. The Kier molecular flexibility index (Phi) is 7.51. The summed E-state index contributed by atoms with van der Waals surface area (Å²) < 4.78 is 5.80. The van der Waals surface area contributed by atoms with E-state index in [1.54, 1.807) is 0 Å². The van der Waals surface area contributed by atoms with Crippen molar-refractivity contribution in [3.05, 3.63) is 83.9 Å². The molecule has 3 aromatic carbocycles. The van der Waals surface area contributed by atoms with Crippen LogP contribution in [0.5, 0.6) is 5.75 Å². The van der Waals surface area contributed by atoms with Gasteiger partial charge in [0.25, 0.3) is 0 Å². The highest BCUT2D eigenvalue weighted by atomic mass is 16.5. The number of carboxylic acid groups (broad SMARTS) is 1. The number of unbranched alkanes of at least 4 members (excludes halogenated alkanes) is 3. The second kappa shape index (κ2) is 10.9. The van der Waals surface area contributed by atoms with Gasteiger partial charge >= 0.3 is 6.09 Å². The van der Waals surface area contributed by atoms with Crippen molar-refractivity contribution in [3.63, 3.8) is 0 Å². The van der Waals surface area contributed by atoms with Crippen LogP contribution >= 0.6 is 0 Å². The number of nitrogens with zero attached hydrogens (tertiary/aromatic N) is 2. The van der Waals surface area contributed by atoms with Crippen molar-refractivity contribution >= 4 is 23.2 Å². The van der Waals surface area contributed by atoms with Crippen molar-refractivity contribution in [3.8, 4) is 5.75 Å². The molecule has 0 bridgehead atoms. The molecule has 33 heavy (non-hydrogen) atoms.